The van der Waals surface area contributed by atoms with Gasteiger partial charge in [-0.3, -0.25) is 4.79 Å². The van der Waals surface area contributed by atoms with E-state index in [-0.39, 0.29) is 11.3 Å². The summed E-state index contributed by atoms with van der Waals surface area (Å²) in [5.41, 5.74) is 1.18. The Morgan fingerprint density at radius 2 is 1.96 bits per heavy atom. The second kappa shape index (κ2) is 8.59. The van der Waals surface area contributed by atoms with Crippen LogP contribution in [0.3, 0.4) is 0 Å². The maximum absolute atomic E-state index is 12.4. The Bertz CT molecular complexity index is 734. The predicted molar refractivity (Wildman–Crippen MR) is 103 cm³/mol. The number of carbonyl (C=O) groups excluding carboxylic acids is 1. The van der Waals surface area contributed by atoms with Crippen molar-refractivity contribution in [3.05, 3.63) is 42.0 Å². The molecule has 1 fully saturated rings. The summed E-state index contributed by atoms with van der Waals surface area (Å²) in [4.78, 5) is 14.4. The standard InChI is InChI=1S/C20H25NO3S/c1-3-12-24-13-6-11-21-19(22)14-25-20(21)17-9-10-18(23-2)16-8-5-4-7-15(16)17/h4-5,7-10,20H,3,6,11-14H2,1-2H3. The highest BCUT2D eigenvalue weighted by molar-refractivity contribution is 8.00. The molecule has 4 nitrogen and oxygen atoms in total. The first-order chi connectivity index (χ1) is 12.3. The second-order valence-electron chi connectivity index (χ2n) is 6.12. The number of fused-ring (bicyclic) bond motifs is 1. The van der Waals surface area contributed by atoms with Crippen LogP contribution in [0.2, 0.25) is 0 Å². The third-order valence-electron chi connectivity index (χ3n) is 4.41. The van der Waals surface area contributed by atoms with Gasteiger partial charge in [0.2, 0.25) is 5.91 Å². The van der Waals surface area contributed by atoms with E-state index < -0.39 is 0 Å². The van der Waals surface area contributed by atoms with Gasteiger partial charge in [0, 0.05) is 25.1 Å². The lowest BCUT2D eigenvalue weighted by Gasteiger charge is -2.25. The Morgan fingerprint density at radius 3 is 2.72 bits per heavy atom. The largest absolute Gasteiger partial charge is 0.496 e. The SMILES string of the molecule is CCCOCCCN1C(=O)CSC1c1ccc(OC)c2ccccc12. The van der Waals surface area contributed by atoms with E-state index in [1.54, 1.807) is 18.9 Å². The van der Waals surface area contributed by atoms with E-state index in [1.165, 1.54) is 5.56 Å². The first-order valence-electron chi connectivity index (χ1n) is 8.80. The van der Waals surface area contributed by atoms with Crippen LogP contribution in [0.1, 0.15) is 30.7 Å². The summed E-state index contributed by atoms with van der Waals surface area (Å²) in [6.45, 7) is 4.33. The van der Waals surface area contributed by atoms with Crippen molar-refractivity contribution >= 4 is 28.4 Å². The van der Waals surface area contributed by atoms with Crippen molar-refractivity contribution in [2.75, 3.05) is 32.6 Å². The van der Waals surface area contributed by atoms with Gasteiger partial charge in [-0.25, -0.2) is 0 Å². The second-order valence-corrected chi connectivity index (χ2v) is 7.19. The van der Waals surface area contributed by atoms with Gasteiger partial charge in [-0.2, -0.15) is 0 Å². The Hall–Kier alpha value is -1.72. The Labute approximate surface area is 153 Å². The third kappa shape index (κ3) is 3.93. The first kappa shape index (κ1) is 18.1. The highest BCUT2D eigenvalue weighted by atomic mass is 32.2. The lowest BCUT2D eigenvalue weighted by molar-refractivity contribution is -0.128. The smallest absolute Gasteiger partial charge is 0.233 e. The number of nitrogens with zero attached hydrogens (tertiary/aromatic N) is 1. The Morgan fingerprint density at radius 1 is 1.16 bits per heavy atom. The number of amides is 1. The van der Waals surface area contributed by atoms with Gasteiger partial charge in [0.05, 0.1) is 12.9 Å². The fourth-order valence-corrected chi connectivity index (χ4v) is 4.48. The highest BCUT2D eigenvalue weighted by Gasteiger charge is 2.33. The lowest BCUT2D eigenvalue weighted by Crippen LogP contribution is -2.30. The van der Waals surface area contributed by atoms with Crippen LogP contribution in [0.5, 0.6) is 5.75 Å². The number of methoxy groups -OCH3 is 1. The number of hydrogen-bond donors (Lipinski definition) is 0. The minimum absolute atomic E-state index is 0.0643. The molecular formula is C20H25NO3S. The molecule has 0 radical (unpaired) electrons. The molecule has 1 aliphatic rings. The van der Waals surface area contributed by atoms with Crippen molar-refractivity contribution < 1.29 is 14.3 Å². The van der Waals surface area contributed by atoms with Gasteiger partial charge < -0.3 is 14.4 Å². The minimum Gasteiger partial charge on any atom is -0.496 e. The molecule has 5 heteroatoms. The van der Waals surface area contributed by atoms with Crippen LogP contribution in [0.15, 0.2) is 36.4 Å². The molecule has 0 aromatic heterocycles. The number of carbonyl (C=O) groups is 1. The van der Waals surface area contributed by atoms with Crippen LogP contribution in [-0.4, -0.2) is 43.4 Å². The molecule has 1 saturated heterocycles. The zero-order valence-electron chi connectivity index (χ0n) is 14.9. The molecule has 0 bridgehead atoms. The normalized spacial score (nSPS) is 17.4. The van der Waals surface area contributed by atoms with Crippen molar-refractivity contribution in [2.24, 2.45) is 0 Å². The van der Waals surface area contributed by atoms with Gasteiger partial charge in [-0.1, -0.05) is 37.3 Å². The van der Waals surface area contributed by atoms with Crippen LogP contribution >= 0.6 is 11.8 Å². The Kier molecular flexibility index (Phi) is 6.21. The van der Waals surface area contributed by atoms with E-state index in [0.29, 0.717) is 12.4 Å². The van der Waals surface area contributed by atoms with E-state index >= 15 is 0 Å². The van der Waals surface area contributed by atoms with Crippen LogP contribution in [-0.2, 0) is 9.53 Å². The highest BCUT2D eigenvalue weighted by Crippen LogP contribution is 2.43. The van der Waals surface area contributed by atoms with Crippen LogP contribution in [0.25, 0.3) is 10.8 Å². The summed E-state index contributed by atoms with van der Waals surface area (Å²) in [5.74, 6) is 1.62. The summed E-state index contributed by atoms with van der Waals surface area (Å²) in [6, 6.07) is 12.3. The molecule has 2 aromatic carbocycles. The Balaban J connectivity index is 1.82. The number of rotatable bonds is 8. The summed E-state index contributed by atoms with van der Waals surface area (Å²) in [5, 5.41) is 2.31. The molecule has 1 aliphatic heterocycles. The lowest BCUT2D eigenvalue weighted by atomic mass is 10.0. The minimum atomic E-state index is 0.0643. The number of hydrogen-bond acceptors (Lipinski definition) is 4. The molecule has 134 valence electrons. The van der Waals surface area contributed by atoms with Gasteiger partial charge in [-0.15, -0.1) is 11.8 Å². The zero-order chi connectivity index (χ0) is 17.6. The van der Waals surface area contributed by atoms with Crippen LogP contribution in [0, 0.1) is 0 Å². The number of benzene rings is 2. The molecule has 1 amide bonds. The fraction of sp³-hybridized carbons (Fsp3) is 0.450. The molecule has 0 saturated carbocycles. The summed E-state index contributed by atoms with van der Waals surface area (Å²) in [6.07, 6.45) is 1.90. The summed E-state index contributed by atoms with van der Waals surface area (Å²) >= 11 is 1.70. The average molecular weight is 359 g/mol. The molecule has 0 aliphatic carbocycles. The maximum Gasteiger partial charge on any atom is 0.233 e. The van der Waals surface area contributed by atoms with Gasteiger partial charge in [-0.05, 0) is 29.9 Å². The molecule has 0 N–H and O–H groups in total. The van der Waals surface area contributed by atoms with Gasteiger partial charge in [0.15, 0.2) is 0 Å². The van der Waals surface area contributed by atoms with Crippen LogP contribution in [0.4, 0.5) is 0 Å². The monoisotopic (exact) mass is 359 g/mol. The third-order valence-corrected chi connectivity index (χ3v) is 5.65. The topological polar surface area (TPSA) is 38.8 Å². The van der Waals surface area contributed by atoms with Crippen molar-refractivity contribution in [2.45, 2.75) is 25.1 Å². The molecule has 3 rings (SSSR count). The number of thioether (sulfide) groups is 1. The molecular weight excluding hydrogens is 334 g/mol. The first-order valence-corrected chi connectivity index (χ1v) is 9.85. The maximum atomic E-state index is 12.4. The summed E-state index contributed by atoms with van der Waals surface area (Å²) < 4.78 is 11.0. The number of ether oxygens (including phenoxy) is 2. The van der Waals surface area contributed by atoms with E-state index in [4.69, 9.17) is 9.47 Å². The van der Waals surface area contributed by atoms with Gasteiger partial charge >= 0.3 is 0 Å². The van der Waals surface area contributed by atoms with Gasteiger partial charge in [0.25, 0.3) is 0 Å². The van der Waals surface area contributed by atoms with E-state index in [1.807, 2.05) is 23.1 Å². The predicted octanol–water partition coefficient (Wildman–Crippen LogP) is 4.24. The molecule has 2 aromatic rings. The molecule has 1 unspecified atom stereocenters. The molecule has 1 atom stereocenters. The quantitative estimate of drug-likeness (QED) is 0.661. The molecule has 25 heavy (non-hydrogen) atoms. The zero-order valence-corrected chi connectivity index (χ0v) is 15.7. The van der Waals surface area contributed by atoms with Crippen molar-refractivity contribution in [3.63, 3.8) is 0 Å². The van der Waals surface area contributed by atoms with E-state index in [2.05, 4.69) is 25.1 Å². The average Bonchev–Trinajstić information content (AvgIpc) is 3.01. The molecule has 0 spiro atoms. The fourth-order valence-electron chi connectivity index (χ4n) is 3.22. The van der Waals surface area contributed by atoms with Crippen molar-refractivity contribution in [1.29, 1.82) is 0 Å². The van der Waals surface area contributed by atoms with Crippen LogP contribution < -0.4 is 4.74 Å². The summed E-state index contributed by atoms with van der Waals surface area (Å²) in [7, 11) is 1.69. The molecule has 1 heterocycles. The van der Waals surface area contributed by atoms with Gasteiger partial charge in [0.1, 0.15) is 11.1 Å². The van der Waals surface area contributed by atoms with E-state index in [0.717, 1.165) is 42.5 Å². The van der Waals surface area contributed by atoms with Crippen molar-refractivity contribution in [3.8, 4) is 5.75 Å². The van der Waals surface area contributed by atoms with E-state index in [9.17, 15) is 4.79 Å². The van der Waals surface area contributed by atoms with Crippen molar-refractivity contribution in [1.82, 2.24) is 4.90 Å².